The van der Waals surface area contributed by atoms with Crippen molar-refractivity contribution < 1.29 is 0 Å². The molecule has 0 radical (unpaired) electrons. The second kappa shape index (κ2) is 7.04. The third-order valence-corrected chi connectivity index (χ3v) is 5.42. The summed E-state index contributed by atoms with van der Waals surface area (Å²) in [5, 5.41) is 9.71. The van der Waals surface area contributed by atoms with E-state index in [9.17, 15) is 0 Å². The van der Waals surface area contributed by atoms with Crippen LogP contribution >= 0.6 is 11.8 Å². The van der Waals surface area contributed by atoms with Crippen molar-refractivity contribution >= 4 is 11.8 Å². The zero-order valence-electron chi connectivity index (χ0n) is 15.6. The zero-order valence-corrected chi connectivity index (χ0v) is 16.4. The second-order valence-corrected chi connectivity index (χ2v) is 8.41. The Morgan fingerprint density at radius 3 is 2.16 bits per heavy atom. The Labute approximate surface area is 154 Å². The molecule has 0 amide bonds. The summed E-state index contributed by atoms with van der Waals surface area (Å²) in [7, 11) is 2.03. The first-order valence-corrected chi connectivity index (χ1v) is 9.52. The van der Waals surface area contributed by atoms with E-state index in [4.69, 9.17) is 0 Å². The van der Waals surface area contributed by atoms with Crippen LogP contribution in [-0.4, -0.2) is 14.8 Å². The molecule has 0 fully saturated rings. The van der Waals surface area contributed by atoms with E-state index in [0.29, 0.717) is 0 Å². The van der Waals surface area contributed by atoms with Crippen molar-refractivity contribution in [2.45, 2.75) is 44.0 Å². The Bertz CT molecular complexity index is 840. The van der Waals surface area contributed by atoms with Crippen molar-refractivity contribution in [1.82, 2.24) is 14.8 Å². The Kier molecular flexibility index (Phi) is 5.00. The van der Waals surface area contributed by atoms with Gasteiger partial charge < -0.3 is 4.57 Å². The highest BCUT2D eigenvalue weighted by Gasteiger charge is 2.15. The third-order valence-electron chi connectivity index (χ3n) is 4.33. The molecular weight excluding hydrogens is 326 g/mol. The molecule has 130 valence electrons. The van der Waals surface area contributed by atoms with Crippen LogP contribution in [0.1, 0.15) is 37.5 Å². The standard InChI is InChI=1S/C21H25N3S/c1-15-6-8-16(9-7-15)14-25-20-23-22-19(24(20)5)17-10-12-18(13-11-17)21(2,3)4/h6-13H,14H2,1-5H3. The Morgan fingerprint density at radius 2 is 1.56 bits per heavy atom. The molecule has 0 spiro atoms. The zero-order chi connectivity index (χ0) is 18.0. The smallest absolute Gasteiger partial charge is 0.191 e. The van der Waals surface area contributed by atoms with Gasteiger partial charge >= 0.3 is 0 Å². The van der Waals surface area contributed by atoms with E-state index >= 15 is 0 Å². The van der Waals surface area contributed by atoms with E-state index in [-0.39, 0.29) is 5.41 Å². The lowest BCUT2D eigenvalue weighted by atomic mass is 9.87. The first kappa shape index (κ1) is 17.7. The maximum atomic E-state index is 4.40. The SMILES string of the molecule is Cc1ccc(CSc2nnc(-c3ccc(C(C)(C)C)cc3)n2C)cc1. The van der Waals surface area contributed by atoms with Gasteiger partial charge in [0.2, 0.25) is 0 Å². The van der Waals surface area contributed by atoms with Crippen LogP contribution in [0.5, 0.6) is 0 Å². The highest BCUT2D eigenvalue weighted by molar-refractivity contribution is 7.98. The van der Waals surface area contributed by atoms with Gasteiger partial charge in [-0.25, -0.2) is 0 Å². The van der Waals surface area contributed by atoms with Crippen LogP contribution in [0.4, 0.5) is 0 Å². The van der Waals surface area contributed by atoms with Crippen LogP contribution in [0.15, 0.2) is 53.7 Å². The van der Waals surface area contributed by atoms with Crippen molar-refractivity contribution in [2.75, 3.05) is 0 Å². The molecule has 1 aromatic heterocycles. The van der Waals surface area contributed by atoms with Crippen molar-refractivity contribution in [3.8, 4) is 11.4 Å². The van der Waals surface area contributed by atoms with Gasteiger partial charge in [0.05, 0.1) is 0 Å². The average molecular weight is 352 g/mol. The maximum Gasteiger partial charge on any atom is 0.191 e. The fourth-order valence-electron chi connectivity index (χ4n) is 2.64. The van der Waals surface area contributed by atoms with Gasteiger partial charge in [-0.15, -0.1) is 10.2 Å². The number of hydrogen-bond donors (Lipinski definition) is 0. The summed E-state index contributed by atoms with van der Waals surface area (Å²) < 4.78 is 2.07. The van der Waals surface area contributed by atoms with Gasteiger partial charge in [-0.2, -0.15) is 0 Å². The summed E-state index contributed by atoms with van der Waals surface area (Å²) in [5.41, 5.74) is 5.17. The summed E-state index contributed by atoms with van der Waals surface area (Å²) >= 11 is 1.72. The Balaban J connectivity index is 1.75. The quantitative estimate of drug-likeness (QED) is 0.591. The molecule has 0 aliphatic carbocycles. The first-order valence-electron chi connectivity index (χ1n) is 8.53. The van der Waals surface area contributed by atoms with Gasteiger partial charge in [0.1, 0.15) is 0 Å². The van der Waals surface area contributed by atoms with E-state index < -0.39 is 0 Å². The molecule has 0 saturated heterocycles. The van der Waals surface area contributed by atoms with E-state index in [0.717, 1.165) is 22.3 Å². The van der Waals surface area contributed by atoms with Gasteiger partial charge in [0, 0.05) is 18.4 Å². The summed E-state index contributed by atoms with van der Waals surface area (Å²) in [6.07, 6.45) is 0. The molecule has 3 rings (SSSR count). The predicted molar refractivity (Wildman–Crippen MR) is 106 cm³/mol. The van der Waals surface area contributed by atoms with E-state index in [1.54, 1.807) is 11.8 Å². The summed E-state index contributed by atoms with van der Waals surface area (Å²) in [4.78, 5) is 0. The minimum atomic E-state index is 0.160. The van der Waals surface area contributed by atoms with Crippen molar-refractivity contribution in [3.63, 3.8) is 0 Å². The first-order chi connectivity index (χ1) is 11.8. The molecule has 2 aromatic carbocycles. The van der Waals surface area contributed by atoms with Crippen molar-refractivity contribution in [2.24, 2.45) is 7.05 Å². The van der Waals surface area contributed by atoms with Crippen molar-refractivity contribution in [1.29, 1.82) is 0 Å². The molecule has 1 heterocycles. The van der Waals surface area contributed by atoms with Crippen LogP contribution in [0.25, 0.3) is 11.4 Å². The monoisotopic (exact) mass is 351 g/mol. The van der Waals surface area contributed by atoms with Crippen LogP contribution in [0.3, 0.4) is 0 Å². The molecule has 0 saturated carbocycles. The minimum Gasteiger partial charge on any atom is -0.305 e. The number of thioether (sulfide) groups is 1. The molecule has 0 aliphatic rings. The maximum absolute atomic E-state index is 4.40. The van der Waals surface area contributed by atoms with E-state index in [1.807, 2.05) is 7.05 Å². The number of aromatic nitrogens is 3. The molecule has 25 heavy (non-hydrogen) atoms. The largest absolute Gasteiger partial charge is 0.305 e. The van der Waals surface area contributed by atoms with Crippen LogP contribution in [-0.2, 0) is 18.2 Å². The van der Waals surface area contributed by atoms with Gasteiger partial charge in [-0.1, -0.05) is 86.6 Å². The lowest BCUT2D eigenvalue weighted by molar-refractivity contribution is 0.590. The normalized spacial score (nSPS) is 11.7. The lowest BCUT2D eigenvalue weighted by Crippen LogP contribution is -2.10. The Hall–Kier alpha value is -2.07. The van der Waals surface area contributed by atoms with Gasteiger partial charge in [0.25, 0.3) is 0 Å². The summed E-state index contributed by atoms with van der Waals surface area (Å²) in [6.45, 7) is 8.79. The second-order valence-electron chi connectivity index (χ2n) is 7.47. The molecule has 0 atom stereocenters. The number of nitrogens with zero attached hydrogens (tertiary/aromatic N) is 3. The van der Waals surface area contributed by atoms with Gasteiger partial charge in [0.15, 0.2) is 11.0 Å². The molecule has 4 heteroatoms. The minimum absolute atomic E-state index is 0.160. The number of hydrogen-bond acceptors (Lipinski definition) is 3. The lowest BCUT2D eigenvalue weighted by Gasteiger charge is -2.19. The highest BCUT2D eigenvalue weighted by atomic mass is 32.2. The summed E-state index contributed by atoms with van der Waals surface area (Å²) in [5.74, 6) is 1.81. The topological polar surface area (TPSA) is 30.7 Å². The van der Waals surface area contributed by atoms with Gasteiger partial charge in [-0.3, -0.25) is 0 Å². The van der Waals surface area contributed by atoms with Crippen LogP contribution < -0.4 is 0 Å². The molecule has 3 nitrogen and oxygen atoms in total. The molecular formula is C21H25N3S. The van der Waals surface area contributed by atoms with Crippen LogP contribution in [0, 0.1) is 6.92 Å². The van der Waals surface area contributed by atoms with Gasteiger partial charge in [-0.05, 0) is 23.5 Å². The fourth-order valence-corrected chi connectivity index (χ4v) is 3.51. The molecule has 3 aromatic rings. The van der Waals surface area contributed by atoms with Crippen molar-refractivity contribution in [3.05, 3.63) is 65.2 Å². The average Bonchev–Trinajstić information content (AvgIpc) is 2.94. The number of benzene rings is 2. The molecule has 0 N–H and O–H groups in total. The van der Waals surface area contributed by atoms with Crippen LogP contribution in [0.2, 0.25) is 0 Å². The van der Waals surface area contributed by atoms with E-state index in [1.165, 1.54) is 16.7 Å². The molecule has 0 bridgehead atoms. The molecule has 0 aliphatic heterocycles. The number of rotatable bonds is 4. The Morgan fingerprint density at radius 1 is 0.920 bits per heavy atom. The third kappa shape index (κ3) is 4.13. The van der Waals surface area contributed by atoms with E-state index in [2.05, 4.69) is 91.0 Å². The predicted octanol–water partition coefficient (Wildman–Crippen LogP) is 5.38. The summed E-state index contributed by atoms with van der Waals surface area (Å²) in [6, 6.07) is 17.3. The molecule has 0 unspecified atom stereocenters. The highest BCUT2D eigenvalue weighted by Crippen LogP contribution is 2.28. The number of aryl methyl sites for hydroxylation is 1. The fraction of sp³-hybridized carbons (Fsp3) is 0.333.